The minimum atomic E-state index is -0.102. The summed E-state index contributed by atoms with van der Waals surface area (Å²) in [6.45, 7) is 5.21. The highest BCUT2D eigenvalue weighted by Gasteiger charge is 2.26. The van der Waals surface area contributed by atoms with Gasteiger partial charge in [0.2, 0.25) is 11.8 Å². The Morgan fingerprint density at radius 3 is 2.76 bits per heavy atom. The molecule has 2 aromatic heterocycles. The van der Waals surface area contributed by atoms with Gasteiger partial charge < -0.3 is 10.2 Å². The number of anilines is 1. The number of nitrogens with zero attached hydrogens (tertiary/aromatic N) is 4. The van der Waals surface area contributed by atoms with E-state index >= 15 is 0 Å². The number of amides is 2. The predicted octanol–water partition coefficient (Wildman–Crippen LogP) is 1.69. The zero-order valence-electron chi connectivity index (χ0n) is 14.0. The van der Waals surface area contributed by atoms with Crippen molar-refractivity contribution in [1.29, 1.82) is 0 Å². The van der Waals surface area contributed by atoms with Crippen LogP contribution in [0.25, 0.3) is 0 Å². The lowest BCUT2D eigenvalue weighted by atomic mass is 9.96. The Morgan fingerprint density at radius 2 is 2.08 bits per heavy atom. The number of carbonyl (C=O) groups excluding carboxylic acids is 2. The van der Waals surface area contributed by atoms with Crippen LogP contribution in [0.5, 0.6) is 0 Å². The molecule has 7 nitrogen and oxygen atoms in total. The van der Waals surface area contributed by atoms with Crippen LogP contribution >= 0.6 is 0 Å². The number of pyridine rings is 1. The third kappa shape index (κ3) is 4.32. The second-order valence-corrected chi connectivity index (χ2v) is 6.01. The van der Waals surface area contributed by atoms with Crippen LogP contribution in [0.3, 0.4) is 0 Å². The molecular weight excluding hydrogens is 318 g/mol. The summed E-state index contributed by atoms with van der Waals surface area (Å²) in [5.41, 5.74) is 0.905. The zero-order valence-corrected chi connectivity index (χ0v) is 14.0. The SMILES string of the molecule is C=CC(=O)N1CCC(C(=O)Nc2ccn(Cc3ccccn3)n2)CC1. The summed E-state index contributed by atoms with van der Waals surface area (Å²) in [6.07, 6.45) is 6.18. The molecule has 0 aliphatic carbocycles. The standard InChI is InChI=1S/C18H21N5O2/c1-2-17(24)22-10-6-14(7-11-22)18(25)20-16-8-12-23(21-16)13-15-5-3-4-9-19-15/h2-5,8-9,12,14H,1,6-7,10-11,13H2,(H,20,21,25). The number of rotatable bonds is 5. The molecule has 1 saturated heterocycles. The largest absolute Gasteiger partial charge is 0.339 e. The fourth-order valence-corrected chi connectivity index (χ4v) is 2.89. The fourth-order valence-electron chi connectivity index (χ4n) is 2.89. The summed E-state index contributed by atoms with van der Waals surface area (Å²) in [7, 11) is 0. The van der Waals surface area contributed by atoms with Crippen molar-refractivity contribution >= 4 is 17.6 Å². The average Bonchev–Trinajstić information content (AvgIpc) is 3.08. The van der Waals surface area contributed by atoms with Gasteiger partial charge in [-0.2, -0.15) is 5.10 Å². The smallest absolute Gasteiger partial charge is 0.245 e. The molecule has 0 bridgehead atoms. The summed E-state index contributed by atoms with van der Waals surface area (Å²) >= 11 is 0. The number of likely N-dealkylation sites (tertiary alicyclic amines) is 1. The highest BCUT2D eigenvalue weighted by atomic mass is 16.2. The molecule has 0 spiro atoms. The van der Waals surface area contributed by atoms with Crippen molar-refractivity contribution in [3.8, 4) is 0 Å². The topological polar surface area (TPSA) is 80.1 Å². The van der Waals surface area contributed by atoms with Gasteiger partial charge in [-0.3, -0.25) is 19.3 Å². The van der Waals surface area contributed by atoms with E-state index in [0.29, 0.717) is 38.3 Å². The van der Waals surface area contributed by atoms with E-state index in [-0.39, 0.29) is 17.7 Å². The van der Waals surface area contributed by atoms with Crippen LogP contribution in [0.1, 0.15) is 18.5 Å². The molecule has 1 N–H and O–H groups in total. The van der Waals surface area contributed by atoms with E-state index in [1.54, 1.807) is 21.8 Å². The predicted molar refractivity (Wildman–Crippen MR) is 93.7 cm³/mol. The molecule has 1 fully saturated rings. The number of hydrogen-bond acceptors (Lipinski definition) is 4. The van der Waals surface area contributed by atoms with Gasteiger partial charge in [0.25, 0.3) is 0 Å². The van der Waals surface area contributed by atoms with E-state index in [9.17, 15) is 9.59 Å². The van der Waals surface area contributed by atoms with Crippen molar-refractivity contribution in [3.63, 3.8) is 0 Å². The monoisotopic (exact) mass is 339 g/mol. The van der Waals surface area contributed by atoms with Gasteiger partial charge >= 0.3 is 0 Å². The molecule has 7 heteroatoms. The molecule has 0 saturated carbocycles. The summed E-state index contributed by atoms with van der Waals surface area (Å²) in [6, 6.07) is 7.50. The molecule has 25 heavy (non-hydrogen) atoms. The maximum atomic E-state index is 12.4. The summed E-state index contributed by atoms with van der Waals surface area (Å²) in [5.74, 6) is 0.307. The first-order chi connectivity index (χ1) is 12.2. The minimum Gasteiger partial charge on any atom is -0.339 e. The first-order valence-electron chi connectivity index (χ1n) is 8.31. The van der Waals surface area contributed by atoms with Gasteiger partial charge in [0.05, 0.1) is 12.2 Å². The second-order valence-electron chi connectivity index (χ2n) is 6.01. The van der Waals surface area contributed by atoms with E-state index < -0.39 is 0 Å². The van der Waals surface area contributed by atoms with Crippen LogP contribution in [0.2, 0.25) is 0 Å². The first-order valence-corrected chi connectivity index (χ1v) is 8.31. The van der Waals surface area contributed by atoms with Crippen LogP contribution in [-0.2, 0) is 16.1 Å². The maximum absolute atomic E-state index is 12.4. The lowest BCUT2D eigenvalue weighted by Crippen LogP contribution is -2.40. The molecule has 130 valence electrons. The van der Waals surface area contributed by atoms with E-state index in [1.807, 2.05) is 24.4 Å². The molecule has 0 atom stereocenters. The van der Waals surface area contributed by atoms with Gasteiger partial charge in [0.1, 0.15) is 0 Å². The Labute approximate surface area is 146 Å². The molecule has 1 aliphatic rings. The highest BCUT2D eigenvalue weighted by Crippen LogP contribution is 2.19. The van der Waals surface area contributed by atoms with Gasteiger partial charge in [-0.05, 0) is 31.1 Å². The van der Waals surface area contributed by atoms with Crippen molar-refractivity contribution < 1.29 is 9.59 Å². The van der Waals surface area contributed by atoms with Gasteiger partial charge in [0, 0.05) is 37.5 Å². The molecule has 2 aromatic rings. The van der Waals surface area contributed by atoms with Crippen molar-refractivity contribution in [3.05, 3.63) is 55.0 Å². The third-order valence-corrected chi connectivity index (χ3v) is 4.29. The molecule has 0 radical (unpaired) electrons. The molecular formula is C18H21N5O2. The fraction of sp³-hybridized carbons (Fsp3) is 0.333. The quantitative estimate of drug-likeness (QED) is 0.841. The Balaban J connectivity index is 1.52. The molecule has 3 rings (SSSR count). The van der Waals surface area contributed by atoms with E-state index in [4.69, 9.17) is 0 Å². The minimum absolute atomic E-state index is 0.0474. The Bertz CT molecular complexity index is 748. The van der Waals surface area contributed by atoms with Crippen LogP contribution in [0, 0.1) is 5.92 Å². The third-order valence-electron chi connectivity index (χ3n) is 4.29. The number of piperidine rings is 1. The molecule has 1 aliphatic heterocycles. The maximum Gasteiger partial charge on any atom is 0.245 e. The van der Waals surface area contributed by atoms with Crippen molar-refractivity contribution in [2.75, 3.05) is 18.4 Å². The summed E-state index contributed by atoms with van der Waals surface area (Å²) < 4.78 is 1.74. The summed E-state index contributed by atoms with van der Waals surface area (Å²) in [4.78, 5) is 29.9. The second kappa shape index (κ2) is 7.74. The molecule has 0 aromatic carbocycles. The number of carbonyl (C=O) groups is 2. The van der Waals surface area contributed by atoms with Gasteiger partial charge in [-0.1, -0.05) is 12.6 Å². The van der Waals surface area contributed by atoms with E-state index in [0.717, 1.165) is 5.69 Å². The van der Waals surface area contributed by atoms with Crippen LogP contribution in [-0.4, -0.2) is 44.6 Å². The average molecular weight is 339 g/mol. The lowest BCUT2D eigenvalue weighted by Gasteiger charge is -2.30. The van der Waals surface area contributed by atoms with Crippen LogP contribution < -0.4 is 5.32 Å². The van der Waals surface area contributed by atoms with Crippen LogP contribution in [0.15, 0.2) is 49.3 Å². The van der Waals surface area contributed by atoms with E-state index in [2.05, 4.69) is 22.0 Å². The Kier molecular flexibility index (Phi) is 5.23. The Morgan fingerprint density at radius 1 is 1.28 bits per heavy atom. The van der Waals surface area contributed by atoms with Crippen molar-refractivity contribution in [2.45, 2.75) is 19.4 Å². The normalized spacial score (nSPS) is 15.0. The molecule has 0 unspecified atom stereocenters. The molecule has 2 amide bonds. The van der Waals surface area contributed by atoms with Gasteiger partial charge in [-0.15, -0.1) is 0 Å². The van der Waals surface area contributed by atoms with Crippen LogP contribution in [0.4, 0.5) is 5.82 Å². The van der Waals surface area contributed by atoms with E-state index in [1.165, 1.54) is 6.08 Å². The van der Waals surface area contributed by atoms with Gasteiger partial charge in [0.15, 0.2) is 5.82 Å². The number of nitrogens with one attached hydrogen (secondary N) is 1. The van der Waals surface area contributed by atoms with Gasteiger partial charge in [-0.25, -0.2) is 0 Å². The lowest BCUT2D eigenvalue weighted by molar-refractivity contribution is -0.130. The van der Waals surface area contributed by atoms with Crippen molar-refractivity contribution in [1.82, 2.24) is 19.7 Å². The van der Waals surface area contributed by atoms with Crippen molar-refractivity contribution in [2.24, 2.45) is 5.92 Å². The number of aromatic nitrogens is 3. The highest BCUT2D eigenvalue weighted by molar-refractivity contribution is 5.92. The summed E-state index contributed by atoms with van der Waals surface area (Å²) in [5, 5.41) is 7.22. The molecule has 3 heterocycles. The zero-order chi connectivity index (χ0) is 17.6. The Hall–Kier alpha value is -2.96. The first kappa shape index (κ1) is 16.9. The number of hydrogen-bond donors (Lipinski definition) is 1.